The van der Waals surface area contributed by atoms with Crippen LogP contribution in [0, 0.1) is 0 Å². The summed E-state index contributed by atoms with van der Waals surface area (Å²) < 4.78 is 16.7. The van der Waals surface area contributed by atoms with E-state index in [2.05, 4.69) is 4.98 Å². The standard InChI is InChI=1S/C25H16ClNO5S/c1-30-15-6-7-16-14(10-24(28)32-21(16)11-15)13-31-25(29)18-12-20(22-8-9-23(26)33-22)27-19-5-3-2-4-17(18)19/h2-12H,13H2,1H3. The number of para-hydroxylation sites is 1. The second-order valence-corrected chi connectivity index (χ2v) is 8.92. The number of methoxy groups -OCH3 is 1. The zero-order valence-electron chi connectivity index (χ0n) is 17.3. The minimum Gasteiger partial charge on any atom is -0.497 e. The van der Waals surface area contributed by atoms with E-state index < -0.39 is 11.6 Å². The third-order valence-electron chi connectivity index (χ3n) is 5.16. The maximum atomic E-state index is 13.1. The van der Waals surface area contributed by atoms with Crippen molar-refractivity contribution in [3.8, 4) is 16.3 Å². The predicted octanol–water partition coefficient (Wildman–Crippen LogP) is 6.09. The van der Waals surface area contributed by atoms with Gasteiger partial charge in [0.1, 0.15) is 17.9 Å². The van der Waals surface area contributed by atoms with Gasteiger partial charge in [-0.3, -0.25) is 0 Å². The molecule has 0 radical (unpaired) electrons. The van der Waals surface area contributed by atoms with Gasteiger partial charge in [-0.2, -0.15) is 0 Å². The van der Waals surface area contributed by atoms with Crippen molar-refractivity contribution in [3.63, 3.8) is 0 Å². The second-order valence-electron chi connectivity index (χ2n) is 7.20. The van der Waals surface area contributed by atoms with Crippen LogP contribution >= 0.6 is 22.9 Å². The van der Waals surface area contributed by atoms with Crippen molar-refractivity contribution < 1.29 is 18.7 Å². The molecule has 33 heavy (non-hydrogen) atoms. The molecule has 0 amide bonds. The number of carbonyl (C=O) groups is 1. The Morgan fingerprint density at radius 3 is 2.70 bits per heavy atom. The van der Waals surface area contributed by atoms with E-state index >= 15 is 0 Å². The molecule has 8 heteroatoms. The number of ether oxygens (including phenoxy) is 2. The zero-order chi connectivity index (χ0) is 22.9. The first-order chi connectivity index (χ1) is 16.0. The molecule has 164 valence electrons. The van der Waals surface area contributed by atoms with Crippen LogP contribution in [0.25, 0.3) is 32.4 Å². The van der Waals surface area contributed by atoms with E-state index in [0.717, 1.165) is 4.88 Å². The van der Waals surface area contributed by atoms with Gasteiger partial charge in [0, 0.05) is 28.5 Å². The molecule has 0 spiro atoms. The number of thiophene rings is 1. The van der Waals surface area contributed by atoms with E-state index in [0.29, 0.717) is 48.8 Å². The highest BCUT2D eigenvalue weighted by Crippen LogP contribution is 2.32. The van der Waals surface area contributed by atoms with E-state index in [1.165, 1.54) is 24.5 Å². The Labute approximate surface area is 197 Å². The minimum absolute atomic E-state index is 0.0932. The Bertz CT molecular complexity index is 1570. The van der Waals surface area contributed by atoms with Gasteiger partial charge in [0.2, 0.25) is 0 Å². The fourth-order valence-electron chi connectivity index (χ4n) is 3.60. The van der Waals surface area contributed by atoms with Crippen LogP contribution in [-0.4, -0.2) is 18.1 Å². The fourth-order valence-corrected chi connectivity index (χ4v) is 4.60. The first kappa shape index (κ1) is 21.2. The number of esters is 1. The number of carbonyl (C=O) groups excluding carboxylic acids is 1. The van der Waals surface area contributed by atoms with Gasteiger partial charge in [0.25, 0.3) is 0 Å². The zero-order valence-corrected chi connectivity index (χ0v) is 18.9. The number of rotatable bonds is 5. The highest BCUT2D eigenvalue weighted by molar-refractivity contribution is 7.19. The average molecular weight is 478 g/mol. The summed E-state index contributed by atoms with van der Waals surface area (Å²) in [5.41, 5.74) is 2.06. The van der Waals surface area contributed by atoms with Crippen molar-refractivity contribution >= 4 is 50.8 Å². The maximum absolute atomic E-state index is 13.1. The summed E-state index contributed by atoms with van der Waals surface area (Å²) in [7, 11) is 1.53. The quantitative estimate of drug-likeness (QED) is 0.225. The van der Waals surface area contributed by atoms with Crippen LogP contribution in [-0.2, 0) is 11.3 Å². The fraction of sp³-hybridized carbons (Fsp3) is 0.0800. The second kappa shape index (κ2) is 8.69. The molecular formula is C25H16ClNO5S. The normalized spacial score (nSPS) is 11.1. The van der Waals surface area contributed by atoms with Crippen LogP contribution in [0.1, 0.15) is 15.9 Å². The first-order valence-electron chi connectivity index (χ1n) is 9.95. The van der Waals surface area contributed by atoms with Crippen molar-refractivity contribution in [3.05, 3.63) is 92.6 Å². The molecule has 0 saturated heterocycles. The van der Waals surface area contributed by atoms with Crippen LogP contribution in [0.2, 0.25) is 4.34 Å². The predicted molar refractivity (Wildman–Crippen MR) is 128 cm³/mol. The van der Waals surface area contributed by atoms with E-state index in [4.69, 9.17) is 25.5 Å². The number of pyridine rings is 1. The van der Waals surface area contributed by atoms with Crippen LogP contribution in [0.4, 0.5) is 0 Å². The van der Waals surface area contributed by atoms with Crippen LogP contribution in [0.15, 0.2) is 75.9 Å². The third-order valence-corrected chi connectivity index (χ3v) is 6.41. The smallest absolute Gasteiger partial charge is 0.339 e. The Kier molecular flexibility index (Phi) is 5.58. The summed E-state index contributed by atoms with van der Waals surface area (Å²) in [6.07, 6.45) is 0. The van der Waals surface area contributed by atoms with E-state index in [1.54, 1.807) is 30.3 Å². The van der Waals surface area contributed by atoms with Crippen molar-refractivity contribution in [2.45, 2.75) is 6.61 Å². The highest BCUT2D eigenvalue weighted by atomic mass is 35.5. The van der Waals surface area contributed by atoms with E-state index in [-0.39, 0.29) is 6.61 Å². The summed E-state index contributed by atoms with van der Waals surface area (Å²) in [5.74, 6) is 0.0386. The molecule has 0 N–H and O–H groups in total. The lowest BCUT2D eigenvalue weighted by atomic mass is 10.1. The van der Waals surface area contributed by atoms with Crippen LogP contribution in [0.5, 0.6) is 5.75 Å². The number of hydrogen-bond donors (Lipinski definition) is 0. The highest BCUT2D eigenvalue weighted by Gasteiger charge is 2.17. The average Bonchev–Trinajstić information content (AvgIpc) is 3.27. The Balaban J connectivity index is 1.51. The number of fused-ring (bicyclic) bond motifs is 2. The van der Waals surface area contributed by atoms with Crippen molar-refractivity contribution in [2.75, 3.05) is 7.11 Å². The summed E-state index contributed by atoms with van der Waals surface area (Å²) in [5, 5.41) is 1.34. The van der Waals surface area contributed by atoms with E-state index in [9.17, 15) is 9.59 Å². The van der Waals surface area contributed by atoms with Gasteiger partial charge >= 0.3 is 11.6 Å². The monoisotopic (exact) mass is 477 g/mol. The van der Waals surface area contributed by atoms with Gasteiger partial charge in [-0.1, -0.05) is 29.8 Å². The molecule has 0 fully saturated rings. The summed E-state index contributed by atoms with van der Waals surface area (Å²) in [4.78, 5) is 30.7. The summed E-state index contributed by atoms with van der Waals surface area (Å²) in [6, 6.07) is 19.2. The van der Waals surface area contributed by atoms with Crippen molar-refractivity contribution in [2.24, 2.45) is 0 Å². The van der Waals surface area contributed by atoms with Gasteiger partial charge in [0.15, 0.2) is 0 Å². The number of halogens is 1. The molecule has 6 nitrogen and oxygen atoms in total. The maximum Gasteiger partial charge on any atom is 0.339 e. The van der Waals surface area contributed by atoms with Crippen LogP contribution < -0.4 is 10.4 Å². The molecule has 0 unspecified atom stereocenters. The van der Waals surface area contributed by atoms with Gasteiger partial charge in [-0.05, 0) is 36.4 Å². The van der Waals surface area contributed by atoms with Gasteiger partial charge in [0.05, 0.1) is 33.1 Å². The van der Waals surface area contributed by atoms with Crippen molar-refractivity contribution in [1.29, 1.82) is 0 Å². The third kappa shape index (κ3) is 4.20. The Morgan fingerprint density at radius 1 is 1.06 bits per heavy atom. The Hall–Kier alpha value is -3.68. The summed E-state index contributed by atoms with van der Waals surface area (Å²) >= 11 is 7.47. The molecule has 0 aliphatic heterocycles. The lowest BCUT2D eigenvalue weighted by Gasteiger charge is -2.11. The molecule has 0 saturated carbocycles. The number of hydrogen-bond acceptors (Lipinski definition) is 7. The SMILES string of the molecule is COc1ccc2c(COC(=O)c3cc(-c4ccc(Cl)s4)nc4ccccc34)cc(=O)oc2c1. The number of benzene rings is 2. The molecule has 5 aromatic rings. The molecule has 3 heterocycles. The van der Waals surface area contributed by atoms with Gasteiger partial charge in [-0.15, -0.1) is 11.3 Å². The lowest BCUT2D eigenvalue weighted by Crippen LogP contribution is -2.09. The molecule has 0 atom stereocenters. The topological polar surface area (TPSA) is 78.6 Å². The summed E-state index contributed by atoms with van der Waals surface area (Å²) in [6.45, 7) is -0.0932. The largest absolute Gasteiger partial charge is 0.497 e. The van der Waals surface area contributed by atoms with E-state index in [1.807, 2.05) is 30.3 Å². The minimum atomic E-state index is -0.534. The molecule has 0 aliphatic carbocycles. The van der Waals surface area contributed by atoms with Gasteiger partial charge in [-0.25, -0.2) is 14.6 Å². The molecular weight excluding hydrogens is 462 g/mol. The number of nitrogens with zero attached hydrogens (tertiary/aromatic N) is 1. The number of aromatic nitrogens is 1. The molecule has 5 rings (SSSR count). The van der Waals surface area contributed by atoms with Crippen molar-refractivity contribution in [1.82, 2.24) is 4.98 Å². The molecule has 3 aromatic heterocycles. The molecule has 0 bridgehead atoms. The Morgan fingerprint density at radius 2 is 1.91 bits per heavy atom. The van der Waals surface area contributed by atoms with Gasteiger partial charge < -0.3 is 13.9 Å². The first-order valence-corrected chi connectivity index (χ1v) is 11.1. The van der Waals surface area contributed by atoms with Crippen LogP contribution in [0.3, 0.4) is 0 Å². The lowest BCUT2D eigenvalue weighted by molar-refractivity contribution is 0.0476. The molecule has 2 aromatic carbocycles. The molecule has 0 aliphatic rings.